The molecule has 0 spiro atoms. The minimum Gasteiger partial charge on any atom is -0.371 e. The summed E-state index contributed by atoms with van der Waals surface area (Å²) in [7, 11) is 0. The summed E-state index contributed by atoms with van der Waals surface area (Å²) in [5, 5.41) is 0. The van der Waals surface area contributed by atoms with Gasteiger partial charge in [0.1, 0.15) is 25.8 Å². The number of epoxide rings is 2. The van der Waals surface area contributed by atoms with Crippen molar-refractivity contribution < 1.29 is 28.4 Å². The molecule has 4 aliphatic rings. The molecular formula is C22H38O6. The van der Waals surface area contributed by atoms with E-state index in [-0.39, 0.29) is 0 Å². The first-order chi connectivity index (χ1) is 13.8. The summed E-state index contributed by atoms with van der Waals surface area (Å²) in [6.07, 6.45) is 14.3. The van der Waals surface area contributed by atoms with Crippen LogP contribution in [0.25, 0.3) is 0 Å². The molecule has 2 heterocycles. The smallest absolute Gasteiger partial charge is 0.147 e. The topological polar surface area (TPSA) is 62.0 Å². The molecule has 2 saturated heterocycles. The lowest BCUT2D eigenvalue weighted by Crippen LogP contribution is -2.25. The first-order valence-corrected chi connectivity index (χ1v) is 11.5. The Morgan fingerprint density at radius 3 is 1.32 bits per heavy atom. The molecule has 6 heteroatoms. The molecule has 0 aromatic rings. The van der Waals surface area contributed by atoms with Gasteiger partial charge in [-0.15, -0.1) is 0 Å². The molecule has 0 aromatic heterocycles. The zero-order valence-corrected chi connectivity index (χ0v) is 17.2. The second-order valence-electron chi connectivity index (χ2n) is 9.08. The molecule has 28 heavy (non-hydrogen) atoms. The monoisotopic (exact) mass is 398 g/mol. The predicted molar refractivity (Wildman–Crippen MR) is 104 cm³/mol. The molecule has 2 atom stereocenters. The van der Waals surface area contributed by atoms with Crippen molar-refractivity contribution in [3.63, 3.8) is 0 Å². The molecule has 0 amide bonds. The predicted octanol–water partition coefficient (Wildman–Crippen LogP) is 3.66. The Kier molecular flexibility index (Phi) is 8.43. The first-order valence-electron chi connectivity index (χ1n) is 11.5. The Balaban J connectivity index is 0.978. The summed E-state index contributed by atoms with van der Waals surface area (Å²) >= 11 is 0. The van der Waals surface area contributed by atoms with Gasteiger partial charge in [-0.05, 0) is 63.2 Å². The van der Waals surface area contributed by atoms with E-state index < -0.39 is 0 Å². The van der Waals surface area contributed by atoms with Gasteiger partial charge in [-0.1, -0.05) is 12.8 Å². The summed E-state index contributed by atoms with van der Waals surface area (Å²) in [4.78, 5) is 0. The third kappa shape index (κ3) is 7.88. The molecule has 2 aliphatic heterocycles. The molecule has 6 nitrogen and oxygen atoms in total. The van der Waals surface area contributed by atoms with Gasteiger partial charge in [-0.25, -0.2) is 0 Å². The van der Waals surface area contributed by atoms with Gasteiger partial charge in [-0.3, -0.25) is 0 Å². The minimum absolute atomic E-state index is 0.330. The highest BCUT2D eigenvalue weighted by Gasteiger charge is 2.27. The van der Waals surface area contributed by atoms with Crippen LogP contribution in [0.3, 0.4) is 0 Å². The van der Waals surface area contributed by atoms with Crippen LogP contribution >= 0.6 is 0 Å². The second-order valence-corrected chi connectivity index (χ2v) is 9.08. The number of hydrogen-bond donors (Lipinski definition) is 0. The quantitative estimate of drug-likeness (QED) is 0.268. The minimum atomic E-state index is 0.330. The Morgan fingerprint density at radius 1 is 0.571 bits per heavy atom. The van der Waals surface area contributed by atoms with E-state index in [9.17, 15) is 0 Å². The number of hydrogen-bond acceptors (Lipinski definition) is 6. The van der Waals surface area contributed by atoms with Gasteiger partial charge >= 0.3 is 0 Å². The third-order valence-electron chi connectivity index (χ3n) is 6.76. The van der Waals surface area contributed by atoms with E-state index in [1.165, 1.54) is 64.2 Å². The zero-order valence-electron chi connectivity index (χ0n) is 17.2. The highest BCUT2D eigenvalue weighted by Crippen LogP contribution is 2.34. The van der Waals surface area contributed by atoms with Gasteiger partial charge < -0.3 is 28.4 Å². The van der Waals surface area contributed by atoms with Gasteiger partial charge in [0.05, 0.1) is 38.6 Å². The van der Waals surface area contributed by atoms with E-state index in [0.717, 1.165) is 25.0 Å². The van der Waals surface area contributed by atoms with Crippen LogP contribution in [0.5, 0.6) is 0 Å². The number of ether oxygens (including phenoxy) is 6. The Hall–Kier alpha value is -0.240. The van der Waals surface area contributed by atoms with E-state index in [0.29, 0.717) is 51.2 Å². The molecule has 2 aliphatic carbocycles. The van der Waals surface area contributed by atoms with Crippen LogP contribution in [0.15, 0.2) is 0 Å². The van der Waals surface area contributed by atoms with Gasteiger partial charge in [0, 0.05) is 0 Å². The molecule has 2 unspecified atom stereocenters. The van der Waals surface area contributed by atoms with E-state index >= 15 is 0 Å². The van der Waals surface area contributed by atoms with Crippen molar-refractivity contribution in [3.05, 3.63) is 0 Å². The van der Waals surface area contributed by atoms with Gasteiger partial charge in [-0.2, -0.15) is 0 Å². The fourth-order valence-corrected chi connectivity index (χ4v) is 4.62. The van der Waals surface area contributed by atoms with Crippen LogP contribution in [-0.4, -0.2) is 64.4 Å². The maximum Gasteiger partial charge on any atom is 0.147 e. The summed E-state index contributed by atoms with van der Waals surface area (Å²) in [5.74, 6) is 1.79. The largest absolute Gasteiger partial charge is 0.371 e. The van der Waals surface area contributed by atoms with Crippen molar-refractivity contribution >= 4 is 0 Å². The van der Waals surface area contributed by atoms with E-state index in [1.54, 1.807) is 0 Å². The van der Waals surface area contributed by atoms with Gasteiger partial charge in [0.2, 0.25) is 0 Å². The van der Waals surface area contributed by atoms with E-state index in [2.05, 4.69) is 0 Å². The van der Waals surface area contributed by atoms with E-state index in [4.69, 9.17) is 28.4 Å². The highest BCUT2D eigenvalue weighted by molar-refractivity contribution is 4.77. The average molecular weight is 399 g/mol. The average Bonchev–Trinajstić information content (AvgIpc) is 3.64. The van der Waals surface area contributed by atoms with Crippen molar-refractivity contribution in [2.24, 2.45) is 11.8 Å². The summed E-state index contributed by atoms with van der Waals surface area (Å²) in [5.41, 5.74) is 0. The molecule has 0 bridgehead atoms. The Morgan fingerprint density at radius 2 is 0.964 bits per heavy atom. The van der Waals surface area contributed by atoms with Crippen LogP contribution in [-0.2, 0) is 28.4 Å². The van der Waals surface area contributed by atoms with Crippen molar-refractivity contribution in [2.45, 2.75) is 88.6 Å². The molecular weight excluding hydrogens is 360 g/mol. The summed E-state index contributed by atoms with van der Waals surface area (Å²) in [6.45, 7) is 3.94. The van der Waals surface area contributed by atoms with Crippen LogP contribution in [0.1, 0.15) is 64.2 Å². The van der Waals surface area contributed by atoms with Gasteiger partial charge in [0.25, 0.3) is 0 Å². The lowest BCUT2D eigenvalue weighted by molar-refractivity contribution is -0.106. The number of rotatable bonds is 13. The highest BCUT2D eigenvalue weighted by atomic mass is 16.7. The SMILES string of the molecule is C(OCC1CO1)OC1CCC(CCC2CCC(OCOCC3CO3)CC2)CC1. The lowest BCUT2D eigenvalue weighted by Gasteiger charge is -2.31. The lowest BCUT2D eigenvalue weighted by atomic mass is 9.79. The van der Waals surface area contributed by atoms with Crippen molar-refractivity contribution in [3.8, 4) is 0 Å². The molecule has 4 rings (SSSR count). The molecule has 2 saturated carbocycles. The fraction of sp³-hybridized carbons (Fsp3) is 1.00. The summed E-state index contributed by atoms with van der Waals surface area (Å²) in [6, 6.07) is 0. The standard InChI is InChI=1S/C22H38O6/c1(17-3-7-19(8-4-17)27-15-23-11-21-13-25-21)2-18-5-9-20(10-6-18)28-16-24-12-22-14-26-22/h17-22H,1-16H2. The maximum atomic E-state index is 5.86. The summed E-state index contributed by atoms with van der Waals surface area (Å²) < 4.78 is 33.0. The maximum absolute atomic E-state index is 5.86. The van der Waals surface area contributed by atoms with Crippen molar-refractivity contribution in [2.75, 3.05) is 40.0 Å². The Bertz CT molecular complexity index is 383. The van der Waals surface area contributed by atoms with E-state index in [1.807, 2.05) is 0 Å². The van der Waals surface area contributed by atoms with Crippen LogP contribution in [0, 0.1) is 11.8 Å². The first kappa shape index (κ1) is 21.0. The third-order valence-corrected chi connectivity index (χ3v) is 6.76. The van der Waals surface area contributed by atoms with Gasteiger partial charge in [0.15, 0.2) is 0 Å². The molecule has 0 N–H and O–H groups in total. The molecule has 162 valence electrons. The molecule has 4 fully saturated rings. The van der Waals surface area contributed by atoms with Crippen LogP contribution in [0.4, 0.5) is 0 Å². The molecule has 0 aromatic carbocycles. The normalized spacial score (nSPS) is 37.7. The zero-order chi connectivity index (χ0) is 19.0. The van der Waals surface area contributed by atoms with Crippen LogP contribution < -0.4 is 0 Å². The Labute approximate surface area is 169 Å². The van der Waals surface area contributed by atoms with Crippen molar-refractivity contribution in [1.29, 1.82) is 0 Å². The second kappa shape index (κ2) is 11.2. The van der Waals surface area contributed by atoms with Crippen LogP contribution in [0.2, 0.25) is 0 Å². The molecule has 0 radical (unpaired) electrons. The fourth-order valence-electron chi connectivity index (χ4n) is 4.62. The van der Waals surface area contributed by atoms with Crippen molar-refractivity contribution in [1.82, 2.24) is 0 Å².